The first-order valence-electron chi connectivity index (χ1n) is 8.92. The molecular weight excluding hydrogens is 354 g/mol. The van der Waals surface area contributed by atoms with Gasteiger partial charge in [0.2, 0.25) is 10.0 Å². The summed E-state index contributed by atoms with van der Waals surface area (Å²) < 4.78 is 27.1. The van der Waals surface area contributed by atoms with Crippen molar-refractivity contribution in [3.8, 4) is 0 Å². The molecule has 5 nitrogen and oxygen atoms in total. The molecule has 2 saturated heterocycles. The minimum Gasteiger partial charge on any atom is -0.349 e. The monoisotopic (exact) mass is 377 g/mol. The van der Waals surface area contributed by atoms with Gasteiger partial charge in [0.25, 0.3) is 0 Å². The second-order valence-corrected chi connectivity index (χ2v) is 9.60. The highest BCUT2D eigenvalue weighted by molar-refractivity contribution is 7.89. The van der Waals surface area contributed by atoms with Crippen LogP contribution in [-0.2, 0) is 10.0 Å². The fourth-order valence-electron chi connectivity index (χ4n) is 3.77. The van der Waals surface area contributed by atoms with Gasteiger partial charge in [0.15, 0.2) is 0 Å². The number of sulfonamides is 1. The molecule has 2 aromatic rings. The zero-order chi connectivity index (χ0) is 17.3. The molecule has 0 amide bonds. The lowest BCUT2D eigenvalue weighted by atomic mass is 10.2. The van der Waals surface area contributed by atoms with Crippen LogP contribution in [-0.4, -0.2) is 37.3 Å². The summed E-state index contributed by atoms with van der Waals surface area (Å²) in [5, 5.41) is 2.10. The molecular formula is C18H23N3O2S2. The topological polar surface area (TPSA) is 53.5 Å². The quantitative estimate of drug-likeness (QED) is 0.816. The van der Waals surface area contributed by atoms with Crippen LogP contribution in [0.1, 0.15) is 43.0 Å². The van der Waals surface area contributed by atoms with Crippen LogP contribution in [0.2, 0.25) is 0 Å². The molecule has 0 aromatic carbocycles. The van der Waals surface area contributed by atoms with E-state index in [9.17, 15) is 8.42 Å². The molecule has 1 atom stereocenters. The average Bonchev–Trinajstić information content (AvgIpc) is 3.34. The molecule has 4 rings (SSSR count). The number of pyridine rings is 1. The first-order chi connectivity index (χ1) is 12.2. The van der Waals surface area contributed by atoms with Gasteiger partial charge in [-0.1, -0.05) is 12.5 Å². The molecule has 0 bridgehead atoms. The number of thiophene rings is 1. The lowest BCUT2D eigenvalue weighted by molar-refractivity contribution is 0.346. The molecule has 0 aliphatic carbocycles. The third kappa shape index (κ3) is 3.32. The Morgan fingerprint density at radius 2 is 1.88 bits per heavy atom. The Morgan fingerprint density at radius 3 is 2.56 bits per heavy atom. The molecule has 0 N–H and O–H groups in total. The summed E-state index contributed by atoms with van der Waals surface area (Å²) in [6, 6.07) is 8.19. The van der Waals surface area contributed by atoms with Gasteiger partial charge in [0, 0.05) is 30.7 Å². The van der Waals surface area contributed by atoms with Gasteiger partial charge in [-0.15, -0.1) is 11.3 Å². The summed E-state index contributed by atoms with van der Waals surface area (Å²) in [6.45, 7) is 2.21. The lowest BCUT2D eigenvalue weighted by Crippen LogP contribution is -2.35. The van der Waals surface area contributed by atoms with E-state index < -0.39 is 10.0 Å². The Morgan fingerprint density at radius 1 is 1.04 bits per heavy atom. The smallest absolute Gasteiger partial charge is 0.244 e. The number of rotatable bonds is 4. The predicted molar refractivity (Wildman–Crippen MR) is 100 cm³/mol. The van der Waals surface area contributed by atoms with Crippen LogP contribution < -0.4 is 4.90 Å². The molecule has 134 valence electrons. The zero-order valence-electron chi connectivity index (χ0n) is 14.2. The number of hydrogen-bond acceptors (Lipinski definition) is 5. The SMILES string of the molecule is O=S(=O)(c1ccc(N2CCC[C@H]2c2cccs2)nc1)N1CCCCC1. The van der Waals surface area contributed by atoms with Crippen LogP contribution in [0.25, 0.3) is 0 Å². The normalized spacial score (nSPS) is 22.4. The molecule has 0 unspecified atom stereocenters. The Labute approximate surface area is 153 Å². The van der Waals surface area contributed by atoms with Crippen LogP contribution in [0.15, 0.2) is 40.7 Å². The van der Waals surface area contributed by atoms with Crippen molar-refractivity contribution in [2.45, 2.75) is 43.0 Å². The van der Waals surface area contributed by atoms with E-state index in [4.69, 9.17) is 0 Å². The van der Waals surface area contributed by atoms with Gasteiger partial charge in [-0.3, -0.25) is 0 Å². The highest BCUT2D eigenvalue weighted by Gasteiger charge is 2.29. The first kappa shape index (κ1) is 17.0. The molecule has 2 fully saturated rings. The molecule has 2 aliphatic rings. The minimum atomic E-state index is -3.40. The van der Waals surface area contributed by atoms with E-state index in [1.165, 1.54) is 11.1 Å². The summed E-state index contributed by atoms with van der Waals surface area (Å²) >= 11 is 1.77. The van der Waals surface area contributed by atoms with Gasteiger partial charge in [-0.05, 0) is 49.3 Å². The third-order valence-corrected chi connectivity index (χ3v) is 7.95. The predicted octanol–water partition coefficient (Wildman–Crippen LogP) is 3.66. The third-order valence-electron chi connectivity index (χ3n) is 5.09. The molecule has 7 heteroatoms. The largest absolute Gasteiger partial charge is 0.349 e. The van der Waals surface area contributed by atoms with Gasteiger partial charge >= 0.3 is 0 Å². The van der Waals surface area contributed by atoms with Crippen molar-refractivity contribution >= 4 is 27.2 Å². The van der Waals surface area contributed by atoms with E-state index in [-0.39, 0.29) is 0 Å². The number of nitrogens with zero attached hydrogens (tertiary/aromatic N) is 3. The molecule has 2 aliphatic heterocycles. The summed E-state index contributed by atoms with van der Waals surface area (Å²) in [7, 11) is -3.40. The maximum atomic E-state index is 12.7. The molecule has 25 heavy (non-hydrogen) atoms. The van der Waals surface area contributed by atoms with Crippen molar-refractivity contribution in [1.82, 2.24) is 9.29 Å². The standard InChI is InChI=1S/C18H23N3O2S2/c22-25(23,20-10-2-1-3-11-20)15-8-9-18(19-14-15)21-12-4-6-16(21)17-7-5-13-24-17/h5,7-9,13-14,16H,1-4,6,10-12H2/t16-/m0/s1. The summed E-state index contributed by atoms with van der Waals surface area (Å²) in [5.41, 5.74) is 0. The van der Waals surface area contributed by atoms with Crippen LogP contribution in [0.5, 0.6) is 0 Å². The average molecular weight is 378 g/mol. The fourth-order valence-corrected chi connectivity index (χ4v) is 6.10. The Bertz CT molecular complexity index is 797. The van der Waals surface area contributed by atoms with Crippen molar-refractivity contribution < 1.29 is 8.42 Å². The highest BCUT2D eigenvalue weighted by atomic mass is 32.2. The number of piperidine rings is 1. The van der Waals surface area contributed by atoms with E-state index >= 15 is 0 Å². The van der Waals surface area contributed by atoms with E-state index in [1.807, 2.05) is 6.07 Å². The van der Waals surface area contributed by atoms with E-state index in [1.54, 1.807) is 21.7 Å². The molecule has 0 saturated carbocycles. The maximum absolute atomic E-state index is 12.7. The Balaban J connectivity index is 1.55. The van der Waals surface area contributed by atoms with Crippen molar-refractivity contribution in [3.05, 3.63) is 40.7 Å². The summed E-state index contributed by atoms with van der Waals surface area (Å²) in [5.74, 6) is 0.869. The summed E-state index contributed by atoms with van der Waals surface area (Å²) in [6.07, 6.45) is 6.79. The zero-order valence-corrected chi connectivity index (χ0v) is 15.8. The first-order valence-corrected chi connectivity index (χ1v) is 11.2. The van der Waals surface area contributed by atoms with Gasteiger partial charge in [-0.2, -0.15) is 4.31 Å². The van der Waals surface area contributed by atoms with Gasteiger partial charge in [-0.25, -0.2) is 13.4 Å². The summed E-state index contributed by atoms with van der Waals surface area (Å²) in [4.78, 5) is 8.46. The minimum absolute atomic E-state index is 0.310. The lowest BCUT2D eigenvalue weighted by Gasteiger charge is -2.27. The second-order valence-electron chi connectivity index (χ2n) is 6.68. The van der Waals surface area contributed by atoms with Gasteiger partial charge in [0.1, 0.15) is 10.7 Å². The van der Waals surface area contributed by atoms with Crippen molar-refractivity contribution in [3.63, 3.8) is 0 Å². The Hall–Kier alpha value is -1.44. The van der Waals surface area contributed by atoms with Crippen LogP contribution >= 0.6 is 11.3 Å². The maximum Gasteiger partial charge on any atom is 0.244 e. The van der Waals surface area contributed by atoms with Gasteiger partial charge in [0.05, 0.1) is 6.04 Å². The van der Waals surface area contributed by atoms with E-state index in [2.05, 4.69) is 27.4 Å². The van der Waals surface area contributed by atoms with Crippen molar-refractivity contribution in [2.75, 3.05) is 24.5 Å². The van der Waals surface area contributed by atoms with Gasteiger partial charge < -0.3 is 4.90 Å². The van der Waals surface area contributed by atoms with Crippen LogP contribution in [0.3, 0.4) is 0 Å². The van der Waals surface area contributed by atoms with Crippen LogP contribution in [0.4, 0.5) is 5.82 Å². The fraction of sp³-hybridized carbons (Fsp3) is 0.500. The molecule has 4 heterocycles. The molecule has 0 radical (unpaired) electrons. The molecule has 0 spiro atoms. The number of hydrogen-bond donors (Lipinski definition) is 0. The van der Waals surface area contributed by atoms with E-state index in [0.29, 0.717) is 24.0 Å². The second kappa shape index (κ2) is 7.05. The number of aromatic nitrogens is 1. The van der Waals surface area contributed by atoms with Crippen molar-refractivity contribution in [1.29, 1.82) is 0 Å². The highest BCUT2D eigenvalue weighted by Crippen LogP contribution is 2.37. The Kier molecular flexibility index (Phi) is 4.80. The molecule has 2 aromatic heterocycles. The van der Waals surface area contributed by atoms with Crippen molar-refractivity contribution in [2.24, 2.45) is 0 Å². The van der Waals surface area contributed by atoms with Crippen LogP contribution in [0, 0.1) is 0 Å². The number of anilines is 1. The van der Waals surface area contributed by atoms with E-state index in [0.717, 1.165) is 44.5 Å².